The minimum Gasteiger partial charge on any atom is -0.480 e. The van der Waals surface area contributed by atoms with Crippen LogP contribution in [0.4, 0.5) is 0 Å². The van der Waals surface area contributed by atoms with Crippen LogP contribution in [0.2, 0.25) is 0 Å². The van der Waals surface area contributed by atoms with Crippen LogP contribution >= 0.6 is 12.6 Å². The molecule has 11 heteroatoms. The van der Waals surface area contributed by atoms with Crippen LogP contribution in [0.15, 0.2) is 30.5 Å². The number of rotatable bonds is 13. The molecule has 0 aliphatic carbocycles. The van der Waals surface area contributed by atoms with Gasteiger partial charge in [0.05, 0.1) is 6.04 Å². The number of para-hydroxylation sites is 1. The fraction of sp³-hybridized carbons (Fsp3) is 0.520. The standard InChI is InChI=1S/C25H37N5O5S/c1-5-14(4)20(26)24(33)29-19(12-36)23(32)28-18(22(31)30-21(13(2)3)25(34)35)10-15-11-27-17-9-7-6-8-16(15)17/h6-9,11,13-14,18-21,27,36H,5,10,12,26H2,1-4H3,(H,28,32)(H,29,33)(H,30,31)(H,34,35). The molecule has 0 bridgehead atoms. The van der Waals surface area contributed by atoms with Crippen molar-refractivity contribution in [1.82, 2.24) is 20.9 Å². The van der Waals surface area contributed by atoms with E-state index < -0.39 is 47.9 Å². The van der Waals surface area contributed by atoms with Crippen LogP contribution in [0.3, 0.4) is 0 Å². The van der Waals surface area contributed by atoms with Crippen molar-refractivity contribution in [3.8, 4) is 0 Å². The molecule has 1 heterocycles. The molecule has 198 valence electrons. The molecule has 2 rings (SSSR count). The normalized spacial score (nSPS) is 15.5. The van der Waals surface area contributed by atoms with Crippen LogP contribution in [-0.4, -0.2) is 63.7 Å². The van der Waals surface area contributed by atoms with Crippen molar-refractivity contribution in [2.75, 3.05) is 5.75 Å². The number of carboxylic acids is 1. The van der Waals surface area contributed by atoms with E-state index in [2.05, 4.69) is 33.6 Å². The van der Waals surface area contributed by atoms with Gasteiger partial charge in [-0.1, -0.05) is 52.3 Å². The quantitative estimate of drug-likeness (QED) is 0.196. The van der Waals surface area contributed by atoms with Gasteiger partial charge in [-0.15, -0.1) is 0 Å². The number of benzene rings is 1. The van der Waals surface area contributed by atoms with Gasteiger partial charge in [0.15, 0.2) is 0 Å². The van der Waals surface area contributed by atoms with E-state index in [1.54, 1.807) is 20.0 Å². The van der Waals surface area contributed by atoms with E-state index in [9.17, 15) is 24.3 Å². The third-order valence-corrected chi connectivity index (χ3v) is 6.70. The van der Waals surface area contributed by atoms with Crippen molar-refractivity contribution in [3.63, 3.8) is 0 Å². The zero-order valence-electron chi connectivity index (χ0n) is 21.1. The molecule has 3 amide bonds. The minimum absolute atomic E-state index is 0.0179. The Balaban J connectivity index is 2.27. The third kappa shape index (κ3) is 7.47. The number of thiol groups is 1. The lowest BCUT2D eigenvalue weighted by atomic mass is 9.99. The number of fused-ring (bicyclic) bond motifs is 1. The molecule has 5 atom stereocenters. The summed E-state index contributed by atoms with van der Waals surface area (Å²) in [5.74, 6) is -3.39. The van der Waals surface area contributed by atoms with Gasteiger partial charge in [-0.3, -0.25) is 14.4 Å². The molecule has 0 saturated carbocycles. The first-order valence-electron chi connectivity index (χ1n) is 12.0. The largest absolute Gasteiger partial charge is 0.480 e. The van der Waals surface area contributed by atoms with E-state index in [4.69, 9.17) is 5.73 Å². The molecule has 0 saturated heterocycles. The molecule has 36 heavy (non-hydrogen) atoms. The number of aromatic amines is 1. The Labute approximate surface area is 216 Å². The maximum absolute atomic E-state index is 13.2. The Bertz CT molecular complexity index is 1070. The number of aromatic nitrogens is 1. The van der Waals surface area contributed by atoms with Crippen LogP contribution < -0.4 is 21.7 Å². The SMILES string of the molecule is CCC(C)C(N)C(=O)NC(CS)C(=O)NC(Cc1c[nH]c2ccccc12)C(=O)NC(C(=O)O)C(C)C. The Morgan fingerprint density at radius 2 is 1.61 bits per heavy atom. The third-order valence-electron chi connectivity index (χ3n) is 6.34. The minimum atomic E-state index is -1.17. The summed E-state index contributed by atoms with van der Waals surface area (Å²) < 4.78 is 0. The number of carbonyl (C=O) groups is 4. The molecule has 1 aromatic carbocycles. The van der Waals surface area contributed by atoms with Crippen molar-refractivity contribution in [2.24, 2.45) is 17.6 Å². The van der Waals surface area contributed by atoms with Gasteiger partial charge in [0, 0.05) is 29.3 Å². The number of nitrogens with one attached hydrogen (secondary N) is 4. The Kier molecular flexibility index (Phi) is 10.8. The van der Waals surface area contributed by atoms with Crippen LogP contribution in [-0.2, 0) is 25.6 Å². The number of carbonyl (C=O) groups excluding carboxylic acids is 3. The van der Waals surface area contributed by atoms with Crippen molar-refractivity contribution in [2.45, 2.75) is 64.7 Å². The van der Waals surface area contributed by atoms with Gasteiger partial charge in [0.25, 0.3) is 0 Å². The second kappa shape index (κ2) is 13.3. The van der Waals surface area contributed by atoms with E-state index >= 15 is 0 Å². The zero-order valence-corrected chi connectivity index (χ0v) is 22.0. The first kappa shape index (κ1) is 29.2. The lowest BCUT2D eigenvalue weighted by Crippen LogP contribution is -2.59. The first-order chi connectivity index (χ1) is 17.0. The molecule has 0 aliphatic rings. The summed E-state index contributed by atoms with van der Waals surface area (Å²) >= 11 is 4.19. The average Bonchev–Trinajstić information content (AvgIpc) is 3.26. The van der Waals surface area contributed by atoms with Crippen molar-refractivity contribution >= 4 is 47.2 Å². The zero-order chi connectivity index (χ0) is 27.0. The smallest absolute Gasteiger partial charge is 0.326 e. The first-order valence-corrected chi connectivity index (χ1v) is 12.7. The van der Waals surface area contributed by atoms with Crippen molar-refractivity contribution in [3.05, 3.63) is 36.0 Å². The second-order valence-corrected chi connectivity index (χ2v) is 9.71. The number of hydrogen-bond acceptors (Lipinski definition) is 6. The van der Waals surface area contributed by atoms with Gasteiger partial charge in [0.1, 0.15) is 18.1 Å². The summed E-state index contributed by atoms with van der Waals surface area (Å²) in [6.45, 7) is 7.11. The number of H-pyrrole nitrogens is 1. The number of amides is 3. The van der Waals surface area contributed by atoms with E-state index in [1.807, 2.05) is 38.1 Å². The molecule has 2 aromatic rings. The number of hydrogen-bond donors (Lipinski definition) is 7. The van der Waals surface area contributed by atoms with Crippen molar-refractivity contribution < 1.29 is 24.3 Å². The molecule has 0 spiro atoms. The topological polar surface area (TPSA) is 166 Å². The fourth-order valence-corrected chi connectivity index (χ4v) is 4.00. The molecule has 1 aromatic heterocycles. The monoisotopic (exact) mass is 519 g/mol. The fourth-order valence-electron chi connectivity index (χ4n) is 3.74. The number of carboxylic acid groups (broad SMARTS) is 1. The van der Waals surface area contributed by atoms with E-state index in [1.165, 1.54) is 0 Å². The van der Waals surface area contributed by atoms with E-state index in [0.29, 0.717) is 6.42 Å². The molecule has 10 nitrogen and oxygen atoms in total. The maximum atomic E-state index is 13.2. The summed E-state index contributed by atoms with van der Waals surface area (Å²) in [5.41, 5.74) is 7.62. The van der Waals surface area contributed by atoms with Gasteiger partial charge >= 0.3 is 5.97 Å². The lowest BCUT2D eigenvalue weighted by Gasteiger charge is -2.26. The molecular weight excluding hydrogens is 482 g/mol. The predicted octanol–water partition coefficient (Wildman–Crippen LogP) is 1.21. The molecule has 0 fully saturated rings. The molecule has 0 radical (unpaired) electrons. The highest BCUT2D eigenvalue weighted by Gasteiger charge is 2.32. The average molecular weight is 520 g/mol. The van der Waals surface area contributed by atoms with Crippen LogP contribution in [0.1, 0.15) is 39.7 Å². The molecule has 5 unspecified atom stereocenters. The summed E-state index contributed by atoms with van der Waals surface area (Å²) in [4.78, 5) is 53.6. The highest BCUT2D eigenvalue weighted by molar-refractivity contribution is 7.80. The summed E-state index contributed by atoms with van der Waals surface area (Å²) in [7, 11) is 0. The number of aliphatic carboxylic acids is 1. The summed E-state index contributed by atoms with van der Waals surface area (Å²) in [5, 5.41) is 18.2. The predicted molar refractivity (Wildman–Crippen MR) is 142 cm³/mol. The van der Waals surface area contributed by atoms with Crippen LogP contribution in [0.25, 0.3) is 10.9 Å². The van der Waals surface area contributed by atoms with Gasteiger partial charge < -0.3 is 31.8 Å². The Morgan fingerprint density at radius 3 is 2.19 bits per heavy atom. The van der Waals surface area contributed by atoms with Crippen molar-refractivity contribution in [1.29, 1.82) is 0 Å². The highest BCUT2D eigenvalue weighted by Crippen LogP contribution is 2.19. The maximum Gasteiger partial charge on any atom is 0.326 e. The highest BCUT2D eigenvalue weighted by atomic mass is 32.1. The van der Waals surface area contributed by atoms with Gasteiger partial charge in [-0.25, -0.2) is 4.79 Å². The van der Waals surface area contributed by atoms with E-state index in [-0.39, 0.29) is 24.0 Å². The van der Waals surface area contributed by atoms with Crippen LogP contribution in [0.5, 0.6) is 0 Å². The van der Waals surface area contributed by atoms with Gasteiger partial charge in [0.2, 0.25) is 17.7 Å². The molecule has 7 N–H and O–H groups in total. The second-order valence-electron chi connectivity index (χ2n) is 9.35. The number of nitrogens with two attached hydrogens (primary N) is 1. The molecule has 0 aliphatic heterocycles. The lowest BCUT2D eigenvalue weighted by molar-refractivity contribution is -0.143. The van der Waals surface area contributed by atoms with Crippen LogP contribution in [0, 0.1) is 11.8 Å². The van der Waals surface area contributed by atoms with Gasteiger partial charge in [-0.05, 0) is 23.5 Å². The Morgan fingerprint density at radius 1 is 1.00 bits per heavy atom. The molecular formula is C25H37N5O5S. The van der Waals surface area contributed by atoms with E-state index in [0.717, 1.165) is 16.5 Å². The summed E-state index contributed by atoms with van der Waals surface area (Å²) in [6.07, 6.45) is 2.54. The Hall–Kier alpha value is -3.05. The summed E-state index contributed by atoms with van der Waals surface area (Å²) in [6, 6.07) is 3.46. The van der Waals surface area contributed by atoms with Gasteiger partial charge in [-0.2, -0.15) is 12.6 Å².